The summed E-state index contributed by atoms with van der Waals surface area (Å²) in [6, 6.07) is 0. The van der Waals surface area contributed by atoms with Crippen molar-refractivity contribution < 1.29 is 5.11 Å². The maximum atomic E-state index is 9.47. The molecular formula is C16H34N2O. The van der Waals surface area contributed by atoms with Gasteiger partial charge in [-0.05, 0) is 58.7 Å². The summed E-state index contributed by atoms with van der Waals surface area (Å²) >= 11 is 0. The Labute approximate surface area is 119 Å². The highest BCUT2D eigenvalue weighted by atomic mass is 16.3. The summed E-state index contributed by atoms with van der Waals surface area (Å²) in [7, 11) is 2.25. The minimum Gasteiger partial charge on any atom is -0.394 e. The molecule has 1 aliphatic rings. The molecule has 0 aromatic heterocycles. The summed E-state index contributed by atoms with van der Waals surface area (Å²) in [6.45, 7) is 7.79. The van der Waals surface area contributed by atoms with E-state index in [1.54, 1.807) is 0 Å². The van der Waals surface area contributed by atoms with E-state index >= 15 is 0 Å². The predicted octanol–water partition coefficient (Wildman–Crippen LogP) is 2.64. The van der Waals surface area contributed by atoms with Gasteiger partial charge in [-0.2, -0.15) is 0 Å². The van der Waals surface area contributed by atoms with Crippen molar-refractivity contribution in [2.75, 3.05) is 33.3 Å². The van der Waals surface area contributed by atoms with Gasteiger partial charge in [0.25, 0.3) is 0 Å². The normalized spacial score (nSPS) is 20.7. The fourth-order valence-corrected chi connectivity index (χ4v) is 3.29. The third-order valence-electron chi connectivity index (χ3n) is 4.52. The second-order valence-electron chi connectivity index (χ2n) is 6.62. The van der Waals surface area contributed by atoms with Crippen LogP contribution in [0.4, 0.5) is 0 Å². The van der Waals surface area contributed by atoms with E-state index in [1.165, 1.54) is 38.6 Å². The average Bonchev–Trinajstić information content (AvgIpc) is 2.40. The fraction of sp³-hybridized carbons (Fsp3) is 1.00. The third-order valence-corrected chi connectivity index (χ3v) is 4.52. The lowest BCUT2D eigenvalue weighted by Gasteiger charge is -2.30. The van der Waals surface area contributed by atoms with E-state index in [2.05, 4.69) is 31.1 Å². The topological polar surface area (TPSA) is 35.5 Å². The molecule has 114 valence electrons. The SMILES string of the molecule is CCNC(C)(CO)CCCN(C)CC1CCCCC1. The second-order valence-corrected chi connectivity index (χ2v) is 6.62. The van der Waals surface area contributed by atoms with Crippen molar-refractivity contribution in [3.63, 3.8) is 0 Å². The molecule has 2 N–H and O–H groups in total. The van der Waals surface area contributed by atoms with Gasteiger partial charge < -0.3 is 15.3 Å². The minimum absolute atomic E-state index is 0.0968. The molecule has 1 aliphatic carbocycles. The molecular weight excluding hydrogens is 236 g/mol. The van der Waals surface area contributed by atoms with E-state index in [0.717, 1.165) is 31.8 Å². The Morgan fingerprint density at radius 2 is 1.95 bits per heavy atom. The highest BCUT2D eigenvalue weighted by Gasteiger charge is 2.21. The first-order valence-corrected chi connectivity index (χ1v) is 8.14. The van der Waals surface area contributed by atoms with E-state index in [9.17, 15) is 5.11 Å². The van der Waals surface area contributed by atoms with Crippen molar-refractivity contribution in [3.05, 3.63) is 0 Å². The molecule has 0 radical (unpaired) electrons. The molecule has 0 aliphatic heterocycles. The van der Waals surface area contributed by atoms with E-state index in [4.69, 9.17) is 0 Å². The molecule has 1 unspecified atom stereocenters. The molecule has 0 saturated heterocycles. The number of likely N-dealkylation sites (N-methyl/N-ethyl adjacent to an activating group) is 1. The van der Waals surface area contributed by atoms with Crippen LogP contribution in [-0.2, 0) is 0 Å². The zero-order valence-electron chi connectivity index (χ0n) is 13.2. The van der Waals surface area contributed by atoms with Crippen LogP contribution < -0.4 is 5.32 Å². The number of rotatable bonds is 9. The number of aliphatic hydroxyl groups is 1. The third kappa shape index (κ3) is 6.73. The zero-order chi connectivity index (χ0) is 14.1. The van der Waals surface area contributed by atoms with Crippen molar-refractivity contribution in [3.8, 4) is 0 Å². The maximum Gasteiger partial charge on any atom is 0.0610 e. The summed E-state index contributed by atoms with van der Waals surface area (Å²) in [4.78, 5) is 2.49. The molecule has 0 amide bonds. The fourth-order valence-electron chi connectivity index (χ4n) is 3.29. The Morgan fingerprint density at radius 3 is 2.53 bits per heavy atom. The highest BCUT2D eigenvalue weighted by Crippen LogP contribution is 2.24. The van der Waals surface area contributed by atoms with Crippen LogP contribution in [0.5, 0.6) is 0 Å². The van der Waals surface area contributed by atoms with Crippen LogP contribution in [-0.4, -0.2) is 48.8 Å². The average molecular weight is 270 g/mol. The van der Waals surface area contributed by atoms with Crippen LogP contribution in [0.25, 0.3) is 0 Å². The second kappa shape index (κ2) is 8.93. The van der Waals surface area contributed by atoms with Crippen molar-refractivity contribution in [1.29, 1.82) is 0 Å². The van der Waals surface area contributed by atoms with Crippen LogP contribution in [0.1, 0.15) is 58.8 Å². The summed E-state index contributed by atoms with van der Waals surface area (Å²) in [5.41, 5.74) is -0.0968. The Kier molecular flexibility index (Phi) is 7.96. The molecule has 3 heteroatoms. The van der Waals surface area contributed by atoms with Gasteiger partial charge in [-0.3, -0.25) is 0 Å². The summed E-state index contributed by atoms with van der Waals surface area (Å²) in [5, 5.41) is 12.9. The molecule has 1 atom stereocenters. The van der Waals surface area contributed by atoms with Gasteiger partial charge in [0.15, 0.2) is 0 Å². The molecule has 1 saturated carbocycles. The van der Waals surface area contributed by atoms with Gasteiger partial charge >= 0.3 is 0 Å². The van der Waals surface area contributed by atoms with Crippen LogP contribution in [0.15, 0.2) is 0 Å². The molecule has 0 aromatic rings. The Hall–Kier alpha value is -0.120. The van der Waals surface area contributed by atoms with Gasteiger partial charge in [-0.25, -0.2) is 0 Å². The summed E-state index contributed by atoms with van der Waals surface area (Å²) < 4.78 is 0. The molecule has 19 heavy (non-hydrogen) atoms. The van der Waals surface area contributed by atoms with Crippen molar-refractivity contribution in [1.82, 2.24) is 10.2 Å². The molecule has 0 aromatic carbocycles. The molecule has 0 bridgehead atoms. The predicted molar refractivity (Wildman–Crippen MR) is 82.5 cm³/mol. The summed E-state index contributed by atoms with van der Waals surface area (Å²) in [6.07, 6.45) is 9.37. The molecule has 0 spiro atoms. The van der Waals surface area contributed by atoms with Crippen LogP contribution in [0, 0.1) is 5.92 Å². The number of nitrogens with one attached hydrogen (secondary N) is 1. The quantitative estimate of drug-likeness (QED) is 0.676. The van der Waals surface area contributed by atoms with Crippen LogP contribution in [0.2, 0.25) is 0 Å². The van der Waals surface area contributed by atoms with Gasteiger partial charge in [0, 0.05) is 12.1 Å². The van der Waals surface area contributed by atoms with E-state index in [1.807, 2.05) is 0 Å². The first-order valence-electron chi connectivity index (χ1n) is 8.14. The largest absolute Gasteiger partial charge is 0.394 e. The van der Waals surface area contributed by atoms with Gasteiger partial charge in [0.1, 0.15) is 0 Å². The van der Waals surface area contributed by atoms with Crippen LogP contribution >= 0.6 is 0 Å². The van der Waals surface area contributed by atoms with E-state index in [0.29, 0.717) is 0 Å². The number of aliphatic hydroxyl groups excluding tert-OH is 1. The maximum absolute atomic E-state index is 9.47. The van der Waals surface area contributed by atoms with Crippen molar-refractivity contribution in [2.24, 2.45) is 5.92 Å². The Bertz CT molecular complexity index is 229. The van der Waals surface area contributed by atoms with E-state index in [-0.39, 0.29) is 12.1 Å². The molecule has 0 heterocycles. The van der Waals surface area contributed by atoms with E-state index < -0.39 is 0 Å². The van der Waals surface area contributed by atoms with Crippen LogP contribution in [0.3, 0.4) is 0 Å². The Morgan fingerprint density at radius 1 is 1.26 bits per heavy atom. The smallest absolute Gasteiger partial charge is 0.0610 e. The summed E-state index contributed by atoms with van der Waals surface area (Å²) in [5.74, 6) is 0.928. The monoisotopic (exact) mass is 270 g/mol. The van der Waals surface area contributed by atoms with Gasteiger partial charge in [-0.15, -0.1) is 0 Å². The lowest BCUT2D eigenvalue weighted by Crippen LogP contribution is -2.46. The first kappa shape index (κ1) is 16.9. The number of hydrogen-bond acceptors (Lipinski definition) is 3. The number of hydrogen-bond donors (Lipinski definition) is 2. The lowest BCUT2D eigenvalue weighted by molar-refractivity contribution is 0.157. The first-order chi connectivity index (χ1) is 9.09. The highest BCUT2D eigenvalue weighted by molar-refractivity contribution is 4.82. The standard InChI is InChI=1S/C16H34N2O/c1-4-17-16(2,14-19)11-8-12-18(3)13-15-9-6-5-7-10-15/h15,17,19H,4-14H2,1-3H3. The lowest BCUT2D eigenvalue weighted by atomic mass is 9.89. The van der Waals surface area contributed by atoms with Crippen molar-refractivity contribution in [2.45, 2.75) is 64.3 Å². The Balaban J connectivity index is 2.16. The van der Waals surface area contributed by atoms with Gasteiger partial charge in [0.05, 0.1) is 6.61 Å². The molecule has 1 rings (SSSR count). The zero-order valence-corrected chi connectivity index (χ0v) is 13.2. The molecule has 3 nitrogen and oxygen atoms in total. The number of nitrogens with zero attached hydrogens (tertiary/aromatic N) is 1. The van der Waals surface area contributed by atoms with Crippen molar-refractivity contribution >= 4 is 0 Å². The molecule has 1 fully saturated rings. The van der Waals surface area contributed by atoms with Gasteiger partial charge in [0.2, 0.25) is 0 Å². The van der Waals surface area contributed by atoms with Gasteiger partial charge in [-0.1, -0.05) is 26.2 Å². The minimum atomic E-state index is -0.0968.